The number of benzene rings is 1. The Hall–Kier alpha value is -1.39. The number of likely N-dealkylation sites (tertiary alicyclic amines) is 2. The van der Waals surface area contributed by atoms with Gasteiger partial charge in [0.2, 0.25) is 0 Å². The van der Waals surface area contributed by atoms with Gasteiger partial charge in [-0.15, -0.1) is 0 Å². The molecule has 1 aromatic rings. The van der Waals surface area contributed by atoms with Crippen molar-refractivity contribution in [1.29, 1.82) is 0 Å². The van der Waals surface area contributed by atoms with Gasteiger partial charge in [0.05, 0.1) is 6.61 Å². The maximum atomic E-state index is 12.9. The van der Waals surface area contributed by atoms with Crippen LogP contribution in [0.1, 0.15) is 54.4 Å². The molecule has 1 amide bonds. The van der Waals surface area contributed by atoms with Crippen LogP contribution in [0.4, 0.5) is 0 Å². The standard InChI is InChI=1S/C22H32N2O2/c1-17-4-3-5-19(14-17)21(25)23-12-10-22(11-13-23)9-8-20(16-26-2)24(22)15-18-6-7-18/h3-5,14,18,20H,6-13,15-16H2,1-2H3. The lowest BCUT2D eigenvalue weighted by Crippen LogP contribution is -2.56. The number of ether oxygens (including phenoxy) is 1. The fourth-order valence-electron chi connectivity index (χ4n) is 5.03. The zero-order chi connectivity index (χ0) is 18.1. The monoisotopic (exact) mass is 356 g/mol. The van der Waals surface area contributed by atoms with Crippen molar-refractivity contribution in [3.63, 3.8) is 0 Å². The Labute approximate surface area is 157 Å². The molecule has 2 saturated heterocycles. The van der Waals surface area contributed by atoms with E-state index in [0.29, 0.717) is 11.6 Å². The van der Waals surface area contributed by atoms with Crippen LogP contribution in [0.3, 0.4) is 0 Å². The van der Waals surface area contributed by atoms with Gasteiger partial charge in [0, 0.05) is 43.9 Å². The largest absolute Gasteiger partial charge is 0.383 e. The first-order chi connectivity index (χ1) is 12.6. The highest BCUT2D eigenvalue weighted by Crippen LogP contribution is 2.44. The van der Waals surface area contributed by atoms with Crippen molar-refractivity contribution in [1.82, 2.24) is 9.80 Å². The summed E-state index contributed by atoms with van der Waals surface area (Å²) in [6.07, 6.45) is 7.51. The molecule has 3 fully saturated rings. The SMILES string of the molecule is COCC1CCC2(CCN(C(=O)c3cccc(C)c3)CC2)N1CC1CC1. The van der Waals surface area contributed by atoms with E-state index in [0.717, 1.165) is 49.6 Å². The van der Waals surface area contributed by atoms with E-state index < -0.39 is 0 Å². The third-order valence-electron chi connectivity index (χ3n) is 6.75. The molecule has 4 nitrogen and oxygen atoms in total. The average Bonchev–Trinajstić information content (AvgIpc) is 3.42. The molecule has 0 aromatic heterocycles. The number of piperidine rings is 1. The van der Waals surface area contributed by atoms with Crippen LogP contribution in [0.15, 0.2) is 24.3 Å². The Kier molecular flexibility index (Phi) is 5.07. The highest BCUT2D eigenvalue weighted by atomic mass is 16.5. The Morgan fingerprint density at radius 1 is 1.19 bits per heavy atom. The van der Waals surface area contributed by atoms with Crippen LogP contribution in [-0.2, 0) is 4.74 Å². The highest BCUT2D eigenvalue weighted by molar-refractivity contribution is 5.94. The fraction of sp³-hybridized carbons (Fsp3) is 0.682. The normalized spacial score (nSPS) is 25.8. The summed E-state index contributed by atoms with van der Waals surface area (Å²) in [4.78, 5) is 17.7. The lowest BCUT2D eigenvalue weighted by Gasteiger charge is -2.47. The van der Waals surface area contributed by atoms with Crippen LogP contribution in [0.25, 0.3) is 0 Å². The summed E-state index contributed by atoms with van der Waals surface area (Å²) in [5.74, 6) is 1.10. The molecule has 142 valence electrons. The summed E-state index contributed by atoms with van der Waals surface area (Å²) in [6.45, 7) is 5.90. The van der Waals surface area contributed by atoms with Crippen molar-refractivity contribution in [2.75, 3.05) is 33.4 Å². The van der Waals surface area contributed by atoms with Gasteiger partial charge in [0.15, 0.2) is 0 Å². The van der Waals surface area contributed by atoms with Crippen LogP contribution >= 0.6 is 0 Å². The predicted molar refractivity (Wildman–Crippen MR) is 103 cm³/mol. The molecule has 2 heterocycles. The number of carbonyl (C=O) groups is 1. The molecule has 4 heteroatoms. The van der Waals surface area contributed by atoms with Gasteiger partial charge in [-0.3, -0.25) is 9.69 Å². The zero-order valence-electron chi connectivity index (χ0n) is 16.2. The Bertz CT molecular complexity index is 647. The third-order valence-corrected chi connectivity index (χ3v) is 6.75. The second-order valence-electron chi connectivity index (χ2n) is 8.63. The topological polar surface area (TPSA) is 32.8 Å². The maximum absolute atomic E-state index is 12.9. The van der Waals surface area contributed by atoms with E-state index in [-0.39, 0.29) is 5.91 Å². The number of aryl methyl sites for hydroxylation is 1. The summed E-state index contributed by atoms with van der Waals surface area (Å²) < 4.78 is 5.51. The van der Waals surface area contributed by atoms with Gasteiger partial charge in [0.1, 0.15) is 0 Å². The lowest BCUT2D eigenvalue weighted by atomic mass is 9.84. The van der Waals surface area contributed by atoms with E-state index in [9.17, 15) is 4.79 Å². The van der Waals surface area contributed by atoms with Crippen LogP contribution in [0.5, 0.6) is 0 Å². The van der Waals surface area contributed by atoms with E-state index in [1.54, 1.807) is 0 Å². The van der Waals surface area contributed by atoms with Gasteiger partial charge >= 0.3 is 0 Å². The lowest BCUT2D eigenvalue weighted by molar-refractivity contribution is 0.00912. The number of carbonyl (C=O) groups excluding carboxylic acids is 1. The number of amides is 1. The van der Waals surface area contributed by atoms with Crippen molar-refractivity contribution >= 4 is 5.91 Å². The average molecular weight is 357 g/mol. The van der Waals surface area contributed by atoms with Crippen LogP contribution in [0, 0.1) is 12.8 Å². The van der Waals surface area contributed by atoms with Crippen LogP contribution < -0.4 is 0 Å². The minimum atomic E-state index is 0.198. The molecule has 0 N–H and O–H groups in total. The fourth-order valence-corrected chi connectivity index (χ4v) is 5.03. The van der Waals surface area contributed by atoms with Crippen molar-refractivity contribution in [2.45, 2.75) is 57.0 Å². The zero-order valence-corrected chi connectivity index (χ0v) is 16.2. The van der Waals surface area contributed by atoms with E-state index in [1.807, 2.05) is 38.3 Å². The van der Waals surface area contributed by atoms with Crippen LogP contribution in [0.2, 0.25) is 0 Å². The van der Waals surface area contributed by atoms with Gasteiger partial charge in [-0.25, -0.2) is 0 Å². The van der Waals surface area contributed by atoms with Gasteiger partial charge in [-0.2, -0.15) is 0 Å². The molecule has 0 bridgehead atoms. The van der Waals surface area contributed by atoms with Crippen molar-refractivity contribution in [2.24, 2.45) is 5.92 Å². The summed E-state index contributed by atoms with van der Waals surface area (Å²) in [7, 11) is 1.82. The molecule has 1 aromatic carbocycles. The van der Waals surface area contributed by atoms with Gasteiger partial charge in [-0.1, -0.05) is 17.7 Å². The number of hydrogen-bond donors (Lipinski definition) is 0. The van der Waals surface area contributed by atoms with E-state index >= 15 is 0 Å². The Morgan fingerprint density at radius 2 is 1.96 bits per heavy atom. The summed E-state index contributed by atoms with van der Waals surface area (Å²) in [5, 5.41) is 0. The summed E-state index contributed by atoms with van der Waals surface area (Å²) in [5.41, 5.74) is 2.28. The molecule has 1 atom stereocenters. The molecule has 4 rings (SSSR count). The molecular weight excluding hydrogens is 324 g/mol. The molecule has 1 unspecified atom stereocenters. The predicted octanol–water partition coefficient (Wildman–Crippen LogP) is 3.49. The van der Waals surface area contributed by atoms with Crippen LogP contribution in [-0.4, -0.2) is 60.6 Å². The maximum Gasteiger partial charge on any atom is 0.253 e. The Balaban J connectivity index is 1.43. The number of methoxy groups -OCH3 is 1. The second-order valence-corrected chi connectivity index (χ2v) is 8.63. The quantitative estimate of drug-likeness (QED) is 0.810. The minimum Gasteiger partial charge on any atom is -0.383 e. The molecule has 3 aliphatic rings. The smallest absolute Gasteiger partial charge is 0.253 e. The molecule has 1 saturated carbocycles. The molecule has 2 aliphatic heterocycles. The number of hydrogen-bond acceptors (Lipinski definition) is 3. The Morgan fingerprint density at radius 3 is 2.62 bits per heavy atom. The summed E-state index contributed by atoms with van der Waals surface area (Å²) >= 11 is 0. The molecule has 1 aliphatic carbocycles. The van der Waals surface area contributed by atoms with E-state index in [1.165, 1.54) is 32.2 Å². The number of rotatable bonds is 5. The first-order valence-electron chi connectivity index (χ1n) is 10.2. The van der Waals surface area contributed by atoms with Gasteiger partial charge < -0.3 is 9.64 Å². The minimum absolute atomic E-state index is 0.198. The highest BCUT2D eigenvalue weighted by Gasteiger charge is 2.49. The molecule has 0 radical (unpaired) electrons. The molecule has 1 spiro atoms. The summed E-state index contributed by atoms with van der Waals surface area (Å²) in [6, 6.07) is 8.56. The first-order valence-corrected chi connectivity index (χ1v) is 10.2. The third kappa shape index (κ3) is 3.54. The number of nitrogens with zero attached hydrogens (tertiary/aromatic N) is 2. The van der Waals surface area contributed by atoms with E-state index in [2.05, 4.69) is 9.80 Å². The van der Waals surface area contributed by atoms with Gasteiger partial charge in [-0.05, 0) is 63.5 Å². The molecule has 26 heavy (non-hydrogen) atoms. The first kappa shape index (κ1) is 18.0. The van der Waals surface area contributed by atoms with Crippen molar-refractivity contribution in [3.05, 3.63) is 35.4 Å². The second kappa shape index (κ2) is 7.32. The molecular formula is C22H32N2O2. The van der Waals surface area contributed by atoms with E-state index in [4.69, 9.17) is 4.74 Å². The van der Waals surface area contributed by atoms with Gasteiger partial charge in [0.25, 0.3) is 5.91 Å². The van der Waals surface area contributed by atoms with Crippen molar-refractivity contribution in [3.8, 4) is 0 Å². The van der Waals surface area contributed by atoms with Crippen molar-refractivity contribution < 1.29 is 9.53 Å².